The van der Waals surface area contributed by atoms with Gasteiger partial charge in [0.2, 0.25) is 0 Å². The molecule has 0 bridgehead atoms. The van der Waals surface area contributed by atoms with Crippen molar-refractivity contribution in [2.24, 2.45) is 16.7 Å². The minimum atomic E-state index is 0.172. The molecule has 0 saturated carbocycles. The van der Waals surface area contributed by atoms with Crippen LogP contribution in [0.4, 0.5) is 0 Å². The van der Waals surface area contributed by atoms with Gasteiger partial charge >= 0.3 is 0 Å². The Labute approximate surface area is 133 Å². The molecule has 110 valence electrons. The van der Waals surface area contributed by atoms with Crippen LogP contribution in [0, 0.1) is 16.7 Å². The van der Waals surface area contributed by atoms with E-state index in [4.69, 9.17) is 23.2 Å². The third kappa shape index (κ3) is 3.23. The van der Waals surface area contributed by atoms with Crippen molar-refractivity contribution in [3.8, 4) is 0 Å². The summed E-state index contributed by atoms with van der Waals surface area (Å²) in [5.41, 5.74) is 0.344. The van der Waals surface area contributed by atoms with Gasteiger partial charge in [-0.15, -0.1) is 0 Å². The van der Waals surface area contributed by atoms with E-state index in [1.54, 1.807) is 0 Å². The van der Waals surface area contributed by atoms with Gasteiger partial charge in [-0.3, -0.25) is 0 Å². The number of hydrogen-bond acceptors (Lipinski definition) is 0. The number of rotatable bonds is 4. The maximum atomic E-state index is 6.10. The molecular formula is C18H24Cl2. The summed E-state index contributed by atoms with van der Waals surface area (Å²) in [5, 5.41) is 1.73. The second kappa shape index (κ2) is 6.12. The summed E-state index contributed by atoms with van der Waals surface area (Å²) < 4.78 is 0. The summed E-state index contributed by atoms with van der Waals surface area (Å²) in [6.07, 6.45) is 17.5. The maximum Gasteiger partial charge on any atom is 0.0363 e. The topological polar surface area (TPSA) is 0 Å². The van der Waals surface area contributed by atoms with Crippen LogP contribution in [0.5, 0.6) is 0 Å². The lowest BCUT2D eigenvalue weighted by atomic mass is 9.58. The molecule has 2 aliphatic rings. The van der Waals surface area contributed by atoms with Crippen LogP contribution in [-0.2, 0) is 0 Å². The lowest BCUT2D eigenvalue weighted by Crippen LogP contribution is -2.38. The molecule has 0 nitrogen and oxygen atoms in total. The molecule has 0 amide bonds. The van der Waals surface area contributed by atoms with E-state index >= 15 is 0 Å². The molecule has 0 saturated heterocycles. The van der Waals surface area contributed by atoms with Crippen LogP contribution in [0.3, 0.4) is 0 Å². The highest BCUT2D eigenvalue weighted by atomic mass is 35.5. The molecule has 0 radical (unpaired) electrons. The fourth-order valence-corrected chi connectivity index (χ4v) is 3.95. The molecule has 2 atom stereocenters. The molecule has 0 aromatic carbocycles. The van der Waals surface area contributed by atoms with E-state index in [9.17, 15) is 0 Å². The van der Waals surface area contributed by atoms with E-state index in [-0.39, 0.29) is 10.8 Å². The van der Waals surface area contributed by atoms with E-state index in [0.29, 0.717) is 5.92 Å². The number of hydrogen-bond donors (Lipinski definition) is 0. The van der Waals surface area contributed by atoms with Crippen molar-refractivity contribution < 1.29 is 0 Å². The fraction of sp³-hybridized carbons (Fsp3) is 0.556. The molecule has 0 fully saturated rings. The van der Waals surface area contributed by atoms with Crippen molar-refractivity contribution in [1.29, 1.82) is 0 Å². The molecule has 0 heterocycles. The van der Waals surface area contributed by atoms with E-state index in [0.717, 1.165) is 22.9 Å². The minimum Gasteiger partial charge on any atom is -0.0847 e. The summed E-state index contributed by atoms with van der Waals surface area (Å²) in [6.45, 7) is 7.00. The SMILES string of the molecule is CCCC(C1(C)C=CC(Cl)=CC1)C1(C)C=CC(Cl)=CC1. The maximum absolute atomic E-state index is 6.10. The molecule has 2 heteroatoms. The summed E-state index contributed by atoms with van der Waals surface area (Å²) >= 11 is 12.2. The quantitative estimate of drug-likeness (QED) is 0.550. The summed E-state index contributed by atoms with van der Waals surface area (Å²) in [6, 6.07) is 0. The average molecular weight is 311 g/mol. The van der Waals surface area contributed by atoms with Gasteiger partial charge in [0.05, 0.1) is 0 Å². The predicted molar refractivity (Wildman–Crippen MR) is 90.0 cm³/mol. The standard InChI is InChI=1S/C18H24Cl2/c1-4-5-16(17(2)10-6-14(19)7-11-17)18(3)12-8-15(20)9-13-18/h6-10,12,16H,4-5,11,13H2,1-3H3. The summed E-state index contributed by atoms with van der Waals surface area (Å²) in [4.78, 5) is 0. The van der Waals surface area contributed by atoms with Crippen molar-refractivity contribution >= 4 is 23.2 Å². The van der Waals surface area contributed by atoms with Gasteiger partial charge in [-0.2, -0.15) is 0 Å². The average Bonchev–Trinajstić information content (AvgIpc) is 2.43. The Balaban J connectivity index is 2.28. The zero-order chi connectivity index (χ0) is 14.8. The Morgan fingerprint density at radius 2 is 1.45 bits per heavy atom. The van der Waals surface area contributed by atoms with Crippen LogP contribution in [0.15, 0.2) is 46.5 Å². The molecule has 2 rings (SSSR count). The van der Waals surface area contributed by atoms with Crippen LogP contribution in [-0.4, -0.2) is 0 Å². The first-order valence-corrected chi connectivity index (χ1v) is 8.25. The zero-order valence-corrected chi connectivity index (χ0v) is 14.1. The van der Waals surface area contributed by atoms with Gasteiger partial charge in [0.15, 0.2) is 0 Å². The van der Waals surface area contributed by atoms with E-state index in [1.165, 1.54) is 12.8 Å². The van der Waals surface area contributed by atoms with Crippen molar-refractivity contribution in [3.05, 3.63) is 46.5 Å². The van der Waals surface area contributed by atoms with Gasteiger partial charge in [-0.25, -0.2) is 0 Å². The molecule has 0 spiro atoms. The van der Waals surface area contributed by atoms with Gasteiger partial charge in [0.25, 0.3) is 0 Å². The Kier molecular flexibility index (Phi) is 4.87. The van der Waals surface area contributed by atoms with Gasteiger partial charge in [-0.05, 0) is 48.2 Å². The van der Waals surface area contributed by atoms with Gasteiger partial charge in [-0.1, -0.05) is 74.7 Å². The second-order valence-electron chi connectivity index (χ2n) is 6.61. The third-order valence-corrected chi connectivity index (χ3v) is 5.45. The number of halogens is 2. The minimum absolute atomic E-state index is 0.172. The molecule has 0 aromatic heterocycles. The first-order valence-electron chi connectivity index (χ1n) is 7.49. The summed E-state index contributed by atoms with van der Waals surface area (Å²) in [5.74, 6) is 0.592. The van der Waals surface area contributed by atoms with E-state index in [1.807, 2.05) is 0 Å². The Morgan fingerprint density at radius 3 is 1.75 bits per heavy atom. The molecular weight excluding hydrogens is 287 g/mol. The summed E-state index contributed by atoms with van der Waals surface area (Å²) in [7, 11) is 0. The van der Waals surface area contributed by atoms with Crippen LogP contribution < -0.4 is 0 Å². The van der Waals surface area contributed by atoms with Crippen molar-refractivity contribution in [2.75, 3.05) is 0 Å². The van der Waals surface area contributed by atoms with Crippen LogP contribution >= 0.6 is 23.2 Å². The molecule has 0 aliphatic heterocycles. The molecule has 0 N–H and O–H groups in total. The van der Waals surface area contributed by atoms with Gasteiger partial charge in [0.1, 0.15) is 0 Å². The Morgan fingerprint density at radius 1 is 1.00 bits per heavy atom. The lowest BCUT2D eigenvalue weighted by Gasteiger charge is -2.47. The number of allylic oxidation sites excluding steroid dienone is 8. The Hall–Kier alpha value is -0.460. The monoisotopic (exact) mass is 310 g/mol. The predicted octanol–water partition coefficient (Wildman–Crippen LogP) is 6.58. The fourth-order valence-electron chi connectivity index (χ4n) is 3.67. The van der Waals surface area contributed by atoms with E-state index < -0.39 is 0 Å². The molecule has 0 aromatic rings. The molecule has 2 aliphatic carbocycles. The van der Waals surface area contributed by atoms with Crippen molar-refractivity contribution in [2.45, 2.75) is 46.5 Å². The van der Waals surface area contributed by atoms with Gasteiger partial charge < -0.3 is 0 Å². The van der Waals surface area contributed by atoms with Gasteiger partial charge in [0, 0.05) is 10.1 Å². The first kappa shape index (κ1) is 15.9. The second-order valence-corrected chi connectivity index (χ2v) is 7.48. The normalized spacial score (nSPS) is 34.6. The zero-order valence-electron chi connectivity index (χ0n) is 12.6. The highest BCUT2D eigenvalue weighted by Crippen LogP contribution is 2.52. The van der Waals surface area contributed by atoms with Crippen LogP contribution in [0.25, 0.3) is 0 Å². The van der Waals surface area contributed by atoms with Crippen molar-refractivity contribution in [3.63, 3.8) is 0 Å². The smallest absolute Gasteiger partial charge is 0.0363 e. The molecule has 2 unspecified atom stereocenters. The van der Waals surface area contributed by atoms with Crippen LogP contribution in [0.1, 0.15) is 46.5 Å². The lowest BCUT2D eigenvalue weighted by molar-refractivity contribution is 0.110. The first-order chi connectivity index (χ1) is 9.39. The highest BCUT2D eigenvalue weighted by Gasteiger charge is 2.42. The molecule has 20 heavy (non-hydrogen) atoms. The van der Waals surface area contributed by atoms with Crippen LogP contribution in [0.2, 0.25) is 0 Å². The Bertz CT molecular complexity index is 442. The highest BCUT2D eigenvalue weighted by molar-refractivity contribution is 6.31. The van der Waals surface area contributed by atoms with Crippen molar-refractivity contribution in [1.82, 2.24) is 0 Å². The third-order valence-electron chi connectivity index (χ3n) is 4.89. The largest absolute Gasteiger partial charge is 0.0847 e. The van der Waals surface area contributed by atoms with E-state index in [2.05, 4.69) is 57.2 Å².